The molecule has 1 heterocycles. The fraction of sp³-hybridized carbons (Fsp3) is 0.800. The lowest BCUT2D eigenvalue weighted by molar-refractivity contribution is -0.161. The Morgan fingerprint density at radius 1 is 1.58 bits per heavy atom. The van der Waals surface area contributed by atoms with Crippen LogP contribution in [-0.2, 0) is 4.74 Å². The maximum atomic E-state index is 10.2. The molecule has 66 valence electrons. The average Bonchev–Trinajstić information content (AvgIpc) is 2.43. The van der Waals surface area contributed by atoms with Gasteiger partial charge in [0.25, 0.3) is 0 Å². The van der Waals surface area contributed by atoms with Gasteiger partial charge in [-0.2, -0.15) is 0 Å². The number of hydrogen-bond donors (Lipinski definition) is 1. The highest BCUT2D eigenvalue weighted by Gasteiger charge is 2.61. The fourth-order valence-corrected chi connectivity index (χ4v) is 3.06. The van der Waals surface area contributed by atoms with Gasteiger partial charge in [-0.3, -0.25) is 0 Å². The summed E-state index contributed by atoms with van der Waals surface area (Å²) in [6, 6.07) is 0. The normalized spacial score (nSPS) is 50.6. The summed E-state index contributed by atoms with van der Waals surface area (Å²) in [5, 5.41) is 10.2. The molecule has 2 fully saturated rings. The van der Waals surface area contributed by atoms with Crippen molar-refractivity contribution in [3.8, 4) is 0 Å². The minimum atomic E-state index is -0.466. The largest absolute Gasteiger partial charge is 0.386 e. The molecule has 0 amide bonds. The van der Waals surface area contributed by atoms with Crippen LogP contribution in [0.25, 0.3) is 0 Å². The van der Waals surface area contributed by atoms with Crippen molar-refractivity contribution in [1.29, 1.82) is 0 Å². The molecule has 3 aliphatic rings. The Labute approximate surface area is 72.2 Å². The van der Waals surface area contributed by atoms with E-state index in [4.69, 9.17) is 4.74 Å². The van der Waals surface area contributed by atoms with E-state index in [1.54, 1.807) is 0 Å². The van der Waals surface area contributed by atoms with Gasteiger partial charge in [0, 0.05) is 5.92 Å². The third-order valence-electron chi connectivity index (χ3n) is 3.62. The number of fused-ring (bicyclic) bond motifs is 4. The third kappa shape index (κ3) is 0.639. The van der Waals surface area contributed by atoms with Gasteiger partial charge in [-0.05, 0) is 31.3 Å². The maximum Gasteiger partial charge on any atom is 0.108 e. The molecule has 2 saturated carbocycles. The molecule has 2 aliphatic carbocycles. The van der Waals surface area contributed by atoms with Gasteiger partial charge >= 0.3 is 0 Å². The molecule has 1 N–H and O–H groups in total. The first-order valence-corrected chi connectivity index (χ1v) is 4.86. The zero-order chi connectivity index (χ0) is 8.18. The summed E-state index contributed by atoms with van der Waals surface area (Å²) >= 11 is 0. The Bertz CT molecular complexity index is 246. The highest BCUT2D eigenvalue weighted by atomic mass is 16.5. The molecule has 2 nitrogen and oxygen atoms in total. The van der Waals surface area contributed by atoms with Crippen molar-refractivity contribution in [3.05, 3.63) is 11.6 Å². The Morgan fingerprint density at radius 2 is 2.50 bits per heavy atom. The monoisotopic (exact) mass is 166 g/mol. The Hall–Kier alpha value is -0.340. The van der Waals surface area contributed by atoms with E-state index in [1.165, 1.54) is 18.4 Å². The zero-order valence-corrected chi connectivity index (χ0v) is 7.12. The van der Waals surface area contributed by atoms with Gasteiger partial charge in [-0.1, -0.05) is 6.08 Å². The highest BCUT2D eigenvalue weighted by molar-refractivity contribution is 5.36. The number of hydrogen-bond acceptors (Lipinski definition) is 2. The molecule has 1 aliphatic heterocycles. The summed E-state index contributed by atoms with van der Waals surface area (Å²) in [6.45, 7) is 0.795. The van der Waals surface area contributed by atoms with Gasteiger partial charge < -0.3 is 9.84 Å². The summed E-state index contributed by atoms with van der Waals surface area (Å²) in [7, 11) is 0. The van der Waals surface area contributed by atoms with Crippen LogP contribution in [0.15, 0.2) is 11.6 Å². The van der Waals surface area contributed by atoms with Crippen LogP contribution in [0.2, 0.25) is 0 Å². The summed E-state index contributed by atoms with van der Waals surface area (Å²) in [4.78, 5) is 0. The van der Waals surface area contributed by atoms with Crippen LogP contribution in [0.3, 0.4) is 0 Å². The topological polar surface area (TPSA) is 29.5 Å². The minimum absolute atomic E-state index is 0.0683. The predicted octanol–water partition coefficient (Wildman–Crippen LogP) is 1.25. The van der Waals surface area contributed by atoms with Crippen molar-refractivity contribution >= 4 is 0 Å². The lowest BCUT2D eigenvalue weighted by atomic mass is 9.64. The molecular formula is C10H14O2. The Balaban J connectivity index is 1.97. The van der Waals surface area contributed by atoms with Gasteiger partial charge in [0.1, 0.15) is 11.7 Å². The fourth-order valence-electron chi connectivity index (χ4n) is 3.06. The number of aliphatic hydroxyl groups is 1. The number of rotatable bonds is 0. The Kier molecular flexibility index (Phi) is 1.25. The van der Waals surface area contributed by atoms with Gasteiger partial charge in [0.15, 0.2) is 0 Å². The lowest BCUT2D eigenvalue weighted by Gasteiger charge is -2.52. The molecule has 3 rings (SSSR count). The van der Waals surface area contributed by atoms with E-state index in [9.17, 15) is 5.11 Å². The van der Waals surface area contributed by atoms with Crippen LogP contribution in [-0.4, -0.2) is 23.4 Å². The highest BCUT2D eigenvalue weighted by Crippen LogP contribution is 2.56. The second-order valence-corrected chi connectivity index (χ2v) is 4.18. The van der Waals surface area contributed by atoms with Gasteiger partial charge in [0.05, 0.1) is 6.61 Å². The summed E-state index contributed by atoms with van der Waals surface area (Å²) in [5.41, 5.74) is 0.924. The molecule has 0 aromatic carbocycles. The van der Waals surface area contributed by atoms with Crippen LogP contribution in [0.5, 0.6) is 0 Å². The van der Waals surface area contributed by atoms with E-state index < -0.39 is 5.60 Å². The van der Waals surface area contributed by atoms with Crippen LogP contribution >= 0.6 is 0 Å². The number of ether oxygens (including phenoxy) is 1. The molecule has 0 aromatic rings. The van der Waals surface area contributed by atoms with E-state index in [1.807, 2.05) is 0 Å². The average molecular weight is 166 g/mol. The van der Waals surface area contributed by atoms with Crippen LogP contribution in [0.1, 0.15) is 25.7 Å². The van der Waals surface area contributed by atoms with E-state index >= 15 is 0 Å². The van der Waals surface area contributed by atoms with Crippen molar-refractivity contribution in [1.82, 2.24) is 0 Å². The van der Waals surface area contributed by atoms with Crippen molar-refractivity contribution in [3.63, 3.8) is 0 Å². The van der Waals surface area contributed by atoms with Gasteiger partial charge in [-0.15, -0.1) is 0 Å². The predicted molar refractivity (Wildman–Crippen MR) is 44.7 cm³/mol. The standard InChI is InChI=1S/C10H14O2/c11-10-5-1-4-8(10)7-3-2-6-12-9(7)10/h3,8-9,11H,1-2,4-6H2/t8-,9+,10+/m1/s1. The smallest absolute Gasteiger partial charge is 0.108 e. The first-order valence-electron chi connectivity index (χ1n) is 4.86. The van der Waals surface area contributed by atoms with E-state index in [0.29, 0.717) is 5.92 Å². The lowest BCUT2D eigenvalue weighted by Crippen LogP contribution is -2.60. The first-order chi connectivity index (χ1) is 5.82. The minimum Gasteiger partial charge on any atom is -0.386 e. The van der Waals surface area contributed by atoms with Crippen molar-refractivity contribution in [2.75, 3.05) is 6.61 Å². The van der Waals surface area contributed by atoms with Crippen molar-refractivity contribution < 1.29 is 9.84 Å². The summed E-state index contributed by atoms with van der Waals surface area (Å²) < 4.78 is 5.58. The molecule has 3 atom stereocenters. The van der Waals surface area contributed by atoms with E-state index in [2.05, 4.69) is 6.08 Å². The third-order valence-corrected chi connectivity index (χ3v) is 3.62. The second kappa shape index (κ2) is 2.12. The molecule has 0 unspecified atom stereocenters. The van der Waals surface area contributed by atoms with E-state index in [0.717, 1.165) is 19.4 Å². The molecular weight excluding hydrogens is 152 g/mol. The zero-order valence-electron chi connectivity index (χ0n) is 7.12. The molecule has 12 heavy (non-hydrogen) atoms. The Morgan fingerprint density at radius 3 is 3.42 bits per heavy atom. The van der Waals surface area contributed by atoms with Crippen LogP contribution < -0.4 is 0 Å². The molecule has 0 aromatic heterocycles. The van der Waals surface area contributed by atoms with Gasteiger partial charge in [0.2, 0.25) is 0 Å². The molecule has 0 spiro atoms. The first kappa shape index (κ1) is 7.10. The molecule has 0 radical (unpaired) electrons. The van der Waals surface area contributed by atoms with E-state index in [-0.39, 0.29) is 6.10 Å². The SMILES string of the molecule is O[C@@]12CCC[C@@H]1C1=CCCO[C@@H]12. The molecule has 0 saturated heterocycles. The van der Waals surface area contributed by atoms with Crippen LogP contribution in [0, 0.1) is 5.92 Å². The van der Waals surface area contributed by atoms with Crippen molar-refractivity contribution in [2.45, 2.75) is 37.4 Å². The summed E-state index contributed by atoms with van der Waals surface area (Å²) in [5.74, 6) is 0.447. The molecule has 2 heteroatoms. The quantitative estimate of drug-likeness (QED) is 0.549. The maximum absolute atomic E-state index is 10.2. The van der Waals surface area contributed by atoms with Gasteiger partial charge in [-0.25, -0.2) is 0 Å². The second-order valence-electron chi connectivity index (χ2n) is 4.18. The molecule has 0 bridgehead atoms. The van der Waals surface area contributed by atoms with Crippen LogP contribution in [0.4, 0.5) is 0 Å². The summed E-state index contributed by atoms with van der Waals surface area (Å²) in [6.07, 6.45) is 6.66. The van der Waals surface area contributed by atoms with Crippen molar-refractivity contribution in [2.24, 2.45) is 5.92 Å².